The molecule has 3 amide bonds. The zero-order valence-electron chi connectivity index (χ0n) is 16.9. The summed E-state index contributed by atoms with van der Waals surface area (Å²) < 4.78 is 35.9. The summed E-state index contributed by atoms with van der Waals surface area (Å²) >= 11 is 0. The van der Waals surface area contributed by atoms with Gasteiger partial charge in [-0.2, -0.15) is 0 Å². The molecular formula is C22H17F2N3O6. The van der Waals surface area contributed by atoms with Crippen molar-refractivity contribution in [2.75, 3.05) is 23.8 Å². The molecule has 0 radical (unpaired) electrons. The van der Waals surface area contributed by atoms with E-state index in [1.165, 1.54) is 36.6 Å². The van der Waals surface area contributed by atoms with Crippen LogP contribution in [0.4, 0.5) is 20.2 Å². The largest absolute Gasteiger partial charge is 0.459 e. The van der Waals surface area contributed by atoms with Crippen LogP contribution in [0.25, 0.3) is 0 Å². The highest BCUT2D eigenvalue weighted by Crippen LogP contribution is 2.13. The number of furan rings is 1. The summed E-state index contributed by atoms with van der Waals surface area (Å²) in [5, 5.41) is 7.09. The van der Waals surface area contributed by atoms with Crippen LogP contribution < -0.4 is 16.0 Å². The summed E-state index contributed by atoms with van der Waals surface area (Å²) in [5.41, 5.74) is 0.566. The normalized spacial score (nSPS) is 10.2. The van der Waals surface area contributed by atoms with E-state index in [4.69, 9.17) is 9.15 Å². The second kappa shape index (κ2) is 10.7. The molecule has 0 fully saturated rings. The lowest BCUT2D eigenvalue weighted by molar-refractivity contribution is -0.126. The molecule has 2 aromatic carbocycles. The van der Waals surface area contributed by atoms with Gasteiger partial charge in [-0.05, 0) is 48.5 Å². The number of nitrogens with one attached hydrogen (secondary N) is 3. The van der Waals surface area contributed by atoms with E-state index in [-0.39, 0.29) is 17.0 Å². The Hall–Kier alpha value is -4.54. The first kappa shape index (κ1) is 23.1. The minimum absolute atomic E-state index is 0.0170. The minimum Gasteiger partial charge on any atom is -0.459 e. The molecule has 0 unspecified atom stereocenters. The number of hydrogen-bond donors (Lipinski definition) is 3. The van der Waals surface area contributed by atoms with Gasteiger partial charge in [0.15, 0.2) is 24.0 Å². The van der Waals surface area contributed by atoms with Gasteiger partial charge in [0, 0.05) is 17.4 Å². The van der Waals surface area contributed by atoms with Gasteiger partial charge in [0.1, 0.15) is 0 Å². The van der Waals surface area contributed by atoms with Crippen LogP contribution in [0.15, 0.2) is 65.3 Å². The molecule has 0 saturated carbocycles. The number of carbonyl (C=O) groups excluding carboxylic acids is 4. The van der Waals surface area contributed by atoms with Crippen LogP contribution in [0.1, 0.15) is 20.9 Å². The average Bonchev–Trinajstić information content (AvgIpc) is 3.34. The topological polar surface area (TPSA) is 127 Å². The van der Waals surface area contributed by atoms with E-state index < -0.39 is 48.5 Å². The molecule has 0 aliphatic heterocycles. The highest BCUT2D eigenvalue weighted by atomic mass is 19.2. The van der Waals surface area contributed by atoms with Gasteiger partial charge in [0.25, 0.3) is 11.8 Å². The van der Waals surface area contributed by atoms with Gasteiger partial charge in [-0.25, -0.2) is 13.6 Å². The Morgan fingerprint density at radius 3 is 2.24 bits per heavy atom. The number of benzene rings is 2. The molecule has 0 bridgehead atoms. The molecular weight excluding hydrogens is 440 g/mol. The Bertz CT molecular complexity index is 1160. The fourth-order valence-electron chi connectivity index (χ4n) is 2.51. The van der Waals surface area contributed by atoms with E-state index >= 15 is 0 Å². The molecule has 3 N–H and O–H groups in total. The third-order valence-corrected chi connectivity index (χ3v) is 4.11. The Morgan fingerprint density at radius 2 is 1.58 bits per heavy atom. The zero-order chi connectivity index (χ0) is 23.8. The number of ether oxygens (including phenoxy) is 1. The summed E-state index contributed by atoms with van der Waals surface area (Å²) in [6.45, 7) is -1.12. The molecule has 170 valence electrons. The molecule has 0 aliphatic carbocycles. The molecule has 1 heterocycles. The SMILES string of the molecule is O=C(COC(=O)c1ccc(NC(=O)c2ccco2)cc1)NCC(=O)Nc1ccc(F)c(F)c1. The van der Waals surface area contributed by atoms with E-state index in [0.717, 1.165) is 18.2 Å². The first-order valence-electron chi connectivity index (χ1n) is 9.45. The van der Waals surface area contributed by atoms with Crippen molar-refractivity contribution < 1.29 is 37.1 Å². The van der Waals surface area contributed by atoms with Gasteiger partial charge in [-0.1, -0.05) is 0 Å². The predicted octanol–water partition coefficient (Wildman–Crippen LogP) is 2.72. The van der Waals surface area contributed by atoms with Crippen molar-refractivity contribution in [3.05, 3.63) is 83.8 Å². The molecule has 33 heavy (non-hydrogen) atoms. The number of carbonyl (C=O) groups is 4. The molecule has 3 aromatic rings. The molecule has 0 spiro atoms. The van der Waals surface area contributed by atoms with Gasteiger partial charge in [-0.15, -0.1) is 0 Å². The molecule has 0 aliphatic rings. The smallest absolute Gasteiger partial charge is 0.338 e. The molecule has 1 aromatic heterocycles. The monoisotopic (exact) mass is 457 g/mol. The summed E-state index contributed by atoms with van der Waals surface area (Å²) in [7, 11) is 0. The standard InChI is InChI=1S/C22H17F2N3O6/c23-16-8-7-15(10-17(16)24)26-19(28)11-25-20(29)12-33-22(31)13-3-5-14(6-4-13)27-21(30)18-2-1-9-32-18/h1-10H,11-12H2,(H,25,29)(H,26,28)(H,27,30). The maximum absolute atomic E-state index is 13.1. The van der Waals surface area contributed by atoms with E-state index in [1.54, 1.807) is 6.07 Å². The maximum Gasteiger partial charge on any atom is 0.338 e. The van der Waals surface area contributed by atoms with Crippen LogP contribution in [0, 0.1) is 11.6 Å². The van der Waals surface area contributed by atoms with Crippen LogP contribution in [0.2, 0.25) is 0 Å². The lowest BCUT2D eigenvalue weighted by Gasteiger charge is -2.08. The highest BCUT2D eigenvalue weighted by Gasteiger charge is 2.13. The van der Waals surface area contributed by atoms with E-state index in [0.29, 0.717) is 5.69 Å². The zero-order valence-corrected chi connectivity index (χ0v) is 16.9. The summed E-state index contributed by atoms with van der Waals surface area (Å²) in [6.07, 6.45) is 1.36. The first-order chi connectivity index (χ1) is 15.8. The number of amides is 3. The van der Waals surface area contributed by atoms with Gasteiger partial charge in [0.2, 0.25) is 5.91 Å². The van der Waals surface area contributed by atoms with Crippen LogP contribution in [0.3, 0.4) is 0 Å². The predicted molar refractivity (Wildman–Crippen MR) is 111 cm³/mol. The lowest BCUT2D eigenvalue weighted by atomic mass is 10.2. The second-order valence-corrected chi connectivity index (χ2v) is 6.54. The Labute approximate surface area is 185 Å². The quantitative estimate of drug-likeness (QED) is 0.447. The van der Waals surface area contributed by atoms with E-state index in [1.807, 2.05) is 0 Å². The molecule has 0 atom stereocenters. The van der Waals surface area contributed by atoms with E-state index in [2.05, 4.69) is 16.0 Å². The van der Waals surface area contributed by atoms with Gasteiger partial charge >= 0.3 is 5.97 Å². The van der Waals surface area contributed by atoms with Crippen molar-refractivity contribution in [3.8, 4) is 0 Å². The van der Waals surface area contributed by atoms with Crippen molar-refractivity contribution in [3.63, 3.8) is 0 Å². The fraction of sp³-hybridized carbons (Fsp3) is 0.0909. The van der Waals surface area contributed by atoms with Crippen molar-refractivity contribution in [1.82, 2.24) is 5.32 Å². The number of anilines is 2. The summed E-state index contributed by atoms with van der Waals surface area (Å²) in [6, 6.07) is 11.6. The number of esters is 1. The molecule has 3 rings (SSSR count). The fourth-order valence-corrected chi connectivity index (χ4v) is 2.51. The summed E-state index contributed by atoms with van der Waals surface area (Å²) in [4.78, 5) is 47.5. The average molecular weight is 457 g/mol. The third-order valence-electron chi connectivity index (χ3n) is 4.11. The van der Waals surface area contributed by atoms with Crippen molar-refractivity contribution >= 4 is 35.1 Å². The Kier molecular flexibility index (Phi) is 7.47. The van der Waals surface area contributed by atoms with Crippen LogP contribution in [-0.4, -0.2) is 36.8 Å². The number of halogens is 2. The van der Waals surface area contributed by atoms with Crippen LogP contribution in [0.5, 0.6) is 0 Å². The number of rotatable bonds is 8. The van der Waals surface area contributed by atoms with Crippen LogP contribution >= 0.6 is 0 Å². The van der Waals surface area contributed by atoms with Crippen molar-refractivity contribution in [1.29, 1.82) is 0 Å². The lowest BCUT2D eigenvalue weighted by Crippen LogP contribution is -2.35. The Morgan fingerprint density at radius 1 is 0.848 bits per heavy atom. The van der Waals surface area contributed by atoms with E-state index in [9.17, 15) is 28.0 Å². The van der Waals surface area contributed by atoms with Gasteiger partial charge in [0.05, 0.1) is 18.4 Å². The third kappa shape index (κ3) is 6.72. The van der Waals surface area contributed by atoms with Crippen LogP contribution in [-0.2, 0) is 14.3 Å². The Balaban J connectivity index is 1.40. The number of hydrogen-bond acceptors (Lipinski definition) is 6. The van der Waals surface area contributed by atoms with Crippen molar-refractivity contribution in [2.24, 2.45) is 0 Å². The minimum atomic E-state index is -1.13. The summed E-state index contributed by atoms with van der Waals surface area (Å²) in [5.74, 6) is -4.74. The molecule has 0 saturated heterocycles. The second-order valence-electron chi connectivity index (χ2n) is 6.54. The molecule has 9 nitrogen and oxygen atoms in total. The molecule has 11 heteroatoms. The maximum atomic E-state index is 13.1. The first-order valence-corrected chi connectivity index (χ1v) is 9.45. The highest BCUT2D eigenvalue weighted by molar-refractivity contribution is 6.02. The van der Waals surface area contributed by atoms with Gasteiger partial charge in [-0.3, -0.25) is 14.4 Å². The van der Waals surface area contributed by atoms with Gasteiger partial charge < -0.3 is 25.1 Å². The van der Waals surface area contributed by atoms with Crippen molar-refractivity contribution in [2.45, 2.75) is 0 Å².